The molecule has 0 fully saturated rings. The molecular formula is C14H12BrClO2. The maximum Gasteiger partial charge on any atom is 0.141 e. The van der Waals surface area contributed by atoms with Crippen molar-refractivity contribution in [2.75, 3.05) is 0 Å². The number of ether oxygens (including phenoxy) is 1. The smallest absolute Gasteiger partial charge is 0.141 e. The first-order valence-electron chi connectivity index (χ1n) is 5.44. The van der Waals surface area contributed by atoms with E-state index in [2.05, 4.69) is 15.9 Å². The molecule has 94 valence electrons. The van der Waals surface area contributed by atoms with Crippen LogP contribution in [0, 0.1) is 6.92 Å². The molecule has 0 saturated heterocycles. The van der Waals surface area contributed by atoms with Gasteiger partial charge in [-0.3, -0.25) is 0 Å². The quantitative estimate of drug-likeness (QED) is 0.885. The van der Waals surface area contributed by atoms with Crippen molar-refractivity contribution in [1.29, 1.82) is 0 Å². The molecule has 2 rings (SSSR count). The Hall–Kier alpha value is -1.03. The summed E-state index contributed by atoms with van der Waals surface area (Å²) in [4.78, 5) is 0. The van der Waals surface area contributed by atoms with Crippen LogP contribution in [-0.4, -0.2) is 5.11 Å². The topological polar surface area (TPSA) is 29.5 Å². The summed E-state index contributed by atoms with van der Waals surface area (Å²) in [5.74, 6) is 1.26. The molecular weight excluding hydrogens is 316 g/mol. The minimum Gasteiger partial charge on any atom is -0.456 e. The second-order valence-corrected chi connectivity index (χ2v) is 5.17. The molecule has 0 amide bonds. The van der Waals surface area contributed by atoms with Gasteiger partial charge >= 0.3 is 0 Å². The highest BCUT2D eigenvalue weighted by Gasteiger charge is 2.09. The Morgan fingerprint density at radius 1 is 1.22 bits per heavy atom. The Labute approximate surface area is 119 Å². The standard InChI is InChI=1S/C14H12BrClO2/c1-9-5-6-14(11(15)7-9)18-13-4-2-3-12(16)10(13)8-17/h2-7,17H,8H2,1H3. The van der Waals surface area contributed by atoms with Crippen molar-refractivity contribution in [3.8, 4) is 11.5 Å². The number of aryl methyl sites for hydroxylation is 1. The van der Waals surface area contributed by atoms with E-state index in [1.165, 1.54) is 0 Å². The molecule has 2 nitrogen and oxygen atoms in total. The molecule has 0 unspecified atom stereocenters. The minimum atomic E-state index is -0.154. The van der Waals surface area contributed by atoms with E-state index >= 15 is 0 Å². The first kappa shape index (κ1) is 13.4. The number of aliphatic hydroxyl groups is 1. The molecule has 1 N–H and O–H groups in total. The molecule has 4 heteroatoms. The molecule has 0 aliphatic rings. The fraction of sp³-hybridized carbons (Fsp3) is 0.143. The average Bonchev–Trinajstić information content (AvgIpc) is 2.33. The Bertz CT molecular complexity index is 570. The van der Waals surface area contributed by atoms with Gasteiger partial charge in [-0.25, -0.2) is 0 Å². The zero-order valence-corrected chi connectivity index (χ0v) is 12.1. The van der Waals surface area contributed by atoms with Crippen molar-refractivity contribution in [2.45, 2.75) is 13.5 Å². The van der Waals surface area contributed by atoms with Crippen LogP contribution in [-0.2, 0) is 6.61 Å². The lowest BCUT2D eigenvalue weighted by Crippen LogP contribution is -1.93. The predicted octanol–water partition coefficient (Wildman–Crippen LogP) is 4.70. The van der Waals surface area contributed by atoms with Gasteiger partial charge in [-0.15, -0.1) is 0 Å². The van der Waals surface area contributed by atoms with Crippen LogP contribution in [0.15, 0.2) is 40.9 Å². The van der Waals surface area contributed by atoms with Crippen LogP contribution >= 0.6 is 27.5 Å². The molecule has 0 saturated carbocycles. The monoisotopic (exact) mass is 326 g/mol. The summed E-state index contributed by atoms with van der Waals surface area (Å²) in [5, 5.41) is 9.81. The summed E-state index contributed by atoms with van der Waals surface area (Å²) >= 11 is 9.46. The Morgan fingerprint density at radius 3 is 2.67 bits per heavy atom. The number of rotatable bonds is 3. The molecule has 2 aromatic carbocycles. The first-order valence-corrected chi connectivity index (χ1v) is 6.61. The molecule has 0 bridgehead atoms. The molecule has 0 radical (unpaired) electrons. The van der Waals surface area contributed by atoms with Gasteiger partial charge in [-0.1, -0.05) is 23.7 Å². The summed E-state index contributed by atoms with van der Waals surface area (Å²) < 4.78 is 6.64. The summed E-state index contributed by atoms with van der Waals surface area (Å²) in [6, 6.07) is 11.1. The summed E-state index contributed by atoms with van der Waals surface area (Å²) in [6.45, 7) is 1.85. The zero-order chi connectivity index (χ0) is 13.1. The van der Waals surface area contributed by atoms with Gasteiger partial charge in [0.05, 0.1) is 11.1 Å². The van der Waals surface area contributed by atoms with Crippen molar-refractivity contribution in [3.63, 3.8) is 0 Å². The number of benzene rings is 2. The molecule has 18 heavy (non-hydrogen) atoms. The van der Waals surface area contributed by atoms with Gasteiger partial charge in [0.25, 0.3) is 0 Å². The zero-order valence-electron chi connectivity index (χ0n) is 9.78. The van der Waals surface area contributed by atoms with Gasteiger partial charge in [-0.2, -0.15) is 0 Å². The third-order valence-corrected chi connectivity index (χ3v) is 3.52. The highest BCUT2D eigenvalue weighted by atomic mass is 79.9. The first-order chi connectivity index (χ1) is 8.61. The lowest BCUT2D eigenvalue weighted by atomic mass is 10.2. The average molecular weight is 328 g/mol. The summed E-state index contributed by atoms with van der Waals surface area (Å²) in [5.41, 5.74) is 1.73. The second-order valence-electron chi connectivity index (χ2n) is 3.91. The van der Waals surface area contributed by atoms with Crippen LogP contribution in [0.2, 0.25) is 5.02 Å². The van der Waals surface area contributed by atoms with E-state index < -0.39 is 0 Å². The van der Waals surface area contributed by atoms with Crippen LogP contribution < -0.4 is 4.74 Å². The lowest BCUT2D eigenvalue weighted by Gasteiger charge is -2.12. The fourth-order valence-corrected chi connectivity index (χ4v) is 2.39. The molecule has 0 aliphatic carbocycles. The van der Waals surface area contributed by atoms with Gasteiger partial charge in [0.15, 0.2) is 0 Å². The van der Waals surface area contributed by atoms with Crippen LogP contribution in [0.5, 0.6) is 11.5 Å². The largest absolute Gasteiger partial charge is 0.456 e. The number of hydrogen-bond acceptors (Lipinski definition) is 2. The molecule has 0 spiro atoms. The molecule has 0 atom stereocenters. The van der Waals surface area contributed by atoms with Crippen LogP contribution in [0.25, 0.3) is 0 Å². The van der Waals surface area contributed by atoms with Crippen LogP contribution in [0.3, 0.4) is 0 Å². The van der Waals surface area contributed by atoms with Crippen LogP contribution in [0.1, 0.15) is 11.1 Å². The van der Waals surface area contributed by atoms with Gasteiger partial charge in [0, 0.05) is 10.6 Å². The normalized spacial score (nSPS) is 10.4. The van der Waals surface area contributed by atoms with Crippen molar-refractivity contribution in [3.05, 3.63) is 57.0 Å². The molecule has 0 heterocycles. The summed E-state index contributed by atoms with van der Waals surface area (Å²) in [7, 11) is 0. The molecule has 0 aromatic heterocycles. The van der Waals surface area contributed by atoms with Gasteiger partial charge < -0.3 is 9.84 Å². The van der Waals surface area contributed by atoms with E-state index in [1.807, 2.05) is 25.1 Å². The predicted molar refractivity (Wildman–Crippen MR) is 76.3 cm³/mol. The number of hydrogen-bond donors (Lipinski definition) is 1. The lowest BCUT2D eigenvalue weighted by molar-refractivity contribution is 0.276. The Kier molecular flexibility index (Phi) is 4.27. The Balaban J connectivity index is 2.37. The van der Waals surface area contributed by atoms with Crippen LogP contribution in [0.4, 0.5) is 0 Å². The van der Waals surface area contributed by atoms with E-state index in [4.69, 9.17) is 16.3 Å². The Morgan fingerprint density at radius 2 is 2.00 bits per heavy atom. The summed E-state index contributed by atoms with van der Waals surface area (Å²) in [6.07, 6.45) is 0. The van der Waals surface area contributed by atoms with Crippen molar-refractivity contribution in [2.24, 2.45) is 0 Å². The van der Waals surface area contributed by atoms with Crippen molar-refractivity contribution >= 4 is 27.5 Å². The van der Waals surface area contributed by atoms with E-state index in [0.717, 1.165) is 10.0 Å². The maximum atomic E-state index is 9.31. The molecule has 0 aliphatic heterocycles. The van der Waals surface area contributed by atoms with E-state index in [1.54, 1.807) is 18.2 Å². The van der Waals surface area contributed by atoms with Crippen molar-refractivity contribution in [1.82, 2.24) is 0 Å². The minimum absolute atomic E-state index is 0.154. The van der Waals surface area contributed by atoms with Gasteiger partial charge in [0.1, 0.15) is 11.5 Å². The fourth-order valence-electron chi connectivity index (χ4n) is 1.60. The molecule has 2 aromatic rings. The van der Waals surface area contributed by atoms with E-state index in [-0.39, 0.29) is 6.61 Å². The van der Waals surface area contributed by atoms with E-state index in [9.17, 15) is 5.11 Å². The second kappa shape index (κ2) is 5.74. The maximum absolute atomic E-state index is 9.31. The highest BCUT2D eigenvalue weighted by Crippen LogP contribution is 2.34. The van der Waals surface area contributed by atoms with Gasteiger partial charge in [-0.05, 0) is 52.7 Å². The highest BCUT2D eigenvalue weighted by molar-refractivity contribution is 9.10. The third-order valence-electron chi connectivity index (χ3n) is 2.54. The number of halogens is 2. The van der Waals surface area contributed by atoms with Crippen molar-refractivity contribution < 1.29 is 9.84 Å². The third kappa shape index (κ3) is 2.86. The van der Waals surface area contributed by atoms with E-state index in [0.29, 0.717) is 22.1 Å². The number of aliphatic hydroxyl groups excluding tert-OH is 1. The SMILES string of the molecule is Cc1ccc(Oc2cccc(Cl)c2CO)c(Br)c1. The van der Waals surface area contributed by atoms with Gasteiger partial charge in [0.2, 0.25) is 0 Å².